The van der Waals surface area contributed by atoms with Gasteiger partial charge in [-0.15, -0.1) is 0 Å². The van der Waals surface area contributed by atoms with Crippen LogP contribution in [0.4, 0.5) is 0 Å². The van der Waals surface area contributed by atoms with Gasteiger partial charge in [0.25, 0.3) is 0 Å². The van der Waals surface area contributed by atoms with Crippen molar-refractivity contribution in [3.63, 3.8) is 0 Å². The minimum absolute atomic E-state index is 0.315. The van der Waals surface area contributed by atoms with Crippen LogP contribution in [0.2, 0.25) is 0 Å². The van der Waals surface area contributed by atoms with Crippen LogP contribution in [0.3, 0.4) is 0 Å². The Kier molecular flexibility index (Phi) is 3.29. The van der Waals surface area contributed by atoms with Crippen LogP contribution in [-0.4, -0.2) is 18.8 Å². The Morgan fingerprint density at radius 2 is 1.93 bits per heavy atom. The number of hydrogen-bond donors (Lipinski definition) is 1. The summed E-state index contributed by atoms with van der Waals surface area (Å²) in [6, 6.07) is 5.98. The first-order valence-electron chi connectivity index (χ1n) is 4.76. The number of hydrogen-bond acceptors (Lipinski definition) is 2. The normalized spacial score (nSPS) is 15.2. The molecule has 2 heteroatoms. The van der Waals surface area contributed by atoms with Crippen molar-refractivity contribution in [2.75, 3.05) is 13.7 Å². The maximum atomic E-state index is 10.1. The lowest BCUT2D eigenvalue weighted by Gasteiger charge is -2.23. The van der Waals surface area contributed by atoms with Crippen LogP contribution < -0.4 is 0 Å². The largest absolute Gasteiger partial charge is 0.383 e. The molecule has 1 atom stereocenters. The van der Waals surface area contributed by atoms with E-state index in [0.29, 0.717) is 6.61 Å². The molecule has 2 nitrogen and oxygen atoms in total. The van der Waals surface area contributed by atoms with Crippen LogP contribution in [0.15, 0.2) is 18.2 Å². The quantitative estimate of drug-likeness (QED) is 0.799. The van der Waals surface area contributed by atoms with Crippen molar-refractivity contribution in [2.24, 2.45) is 0 Å². The average Bonchev–Trinajstić information content (AvgIpc) is 2.09. The first-order chi connectivity index (χ1) is 6.47. The van der Waals surface area contributed by atoms with E-state index in [-0.39, 0.29) is 0 Å². The summed E-state index contributed by atoms with van der Waals surface area (Å²) in [4.78, 5) is 0. The summed E-state index contributed by atoms with van der Waals surface area (Å²) in [6.07, 6.45) is 0. The van der Waals surface area contributed by atoms with Crippen molar-refractivity contribution in [1.29, 1.82) is 0 Å². The van der Waals surface area contributed by atoms with Crippen LogP contribution in [0.5, 0.6) is 0 Å². The predicted octanol–water partition coefficient (Wildman–Crippen LogP) is 2.16. The van der Waals surface area contributed by atoms with Gasteiger partial charge in [0.05, 0.1) is 6.61 Å². The van der Waals surface area contributed by atoms with E-state index < -0.39 is 5.60 Å². The van der Waals surface area contributed by atoms with Crippen LogP contribution in [0.25, 0.3) is 0 Å². The summed E-state index contributed by atoms with van der Waals surface area (Å²) in [5.74, 6) is 0. The SMILES string of the molecule is COCC(C)(O)c1ccc(C)c(C)c1. The molecule has 0 heterocycles. The van der Waals surface area contributed by atoms with E-state index >= 15 is 0 Å². The Balaban J connectivity index is 3.01. The van der Waals surface area contributed by atoms with E-state index in [2.05, 4.69) is 6.92 Å². The third-order valence-corrected chi connectivity index (χ3v) is 2.55. The Labute approximate surface area is 85.5 Å². The third-order valence-electron chi connectivity index (χ3n) is 2.55. The Bertz CT molecular complexity index is 316. The molecular formula is C12H18O2. The zero-order valence-electron chi connectivity index (χ0n) is 9.29. The van der Waals surface area contributed by atoms with Crippen LogP contribution in [-0.2, 0) is 10.3 Å². The number of benzene rings is 1. The minimum atomic E-state index is -0.896. The van der Waals surface area contributed by atoms with Gasteiger partial charge in [0, 0.05) is 7.11 Å². The molecule has 0 radical (unpaired) electrons. The molecule has 0 saturated heterocycles. The highest BCUT2D eigenvalue weighted by atomic mass is 16.5. The summed E-state index contributed by atoms with van der Waals surface area (Å²) in [5.41, 5.74) is 2.44. The lowest BCUT2D eigenvalue weighted by atomic mass is 9.94. The van der Waals surface area contributed by atoms with Crippen molar-refractivity contribution in [3.8, 4) is 0 Å². The van der Waals surface area contributed by atoms with E-state index in [0.717, 1.165) is 5.56 Å². The van der Waals surface area contributed by atoms with E-state index in [1.807, 2.05) is 25.1 Å². The first-order valence-corrected chi connectivity index (χ1v) is 4.76. The molecule has 0 spiro atoms. The number of methoxy groups -OCH3 is 1. The standard InChI is InChI=1S/C12H18O2/c1-9-5-6-11(7-10(9)2)12(3,13)8-14-4/h5-7,13H,8H2,1-4H3. The summed E-state index contributed by atoms with van der Waals surface area (Å²) < 4.78 is 4.98. The highest BCUT2D eigenvalue weighted by Gasteiger charge is 2.22. The van der Waals surface area contributed by atoms with Gasteiger partial charge in [-0.25, -0.2) is 0 Å². The zero-order chi connectivity index (χ0) is 10.8. The molecule has 1 unspecified atom stereocenters. The monoisotopic (exact) mass is 194 g/mol. The van der Waals surface area contributed by atoms with Crippen molar-refractivity contribution < 1.29 is 9.84 Å². The van der Waals surface area contributed by atoms with E-state index in [4.69, 9.17) is 4.74 Å². The highest BCUT2D eigenvalue weighted by Crippen LogP contribution is 2.22. The highest BCUT2D eigenvalue weighted by molar-refractivity contribution is 5.32. The molecule has 1 rings (SSSR count). The topological polar surface area (TPSA) is 29.5 Å². The van der Waals surface area contributed by atoms with Gasteiger partial charge < -0.3 is 9.84 Å². The molecule has 0 amide bonds. The number of aliphatic hydroxyl groups is 1. The van der Waals surface area contributed by atoms with Crippen LogP contribution in [0.1, 0.15) is 23.6 Å². The molecule has 0 fully saturated rings. The lowest BCUT2D eigenvalue weighted by Crippen LogP contribution is -2.27. The van der Waals surface area contributed by atoms with Gasteiger partial charge >= 0.3 is 0 Å². The fourth-order valence-corrected chi connectivity index (χ4v) is 1.44. The number of rotatable bonds is 3. The molecule has 0 aliphatic rings. The molecule has 0 aliphatic heterocycles. The molecule has 0 bridgehead atoms. The fraction of sp³-hybridized carbons (Fsp3) is 0.500. The van der Waals surface area contributed by atoms with Crippen LogP contribution in [0, 0.1) is 13.8 Å². The second-order valence-corrected chi connectivity index (χ2v) is 4.01. The van der Waals surface area contributed by atoms with Gasteiger partial charge in [0.1, 0.15) is 5.60 Å². The molecule has 1 N–H and O–H groups in total. The van der Waals surface area contributed by atoms with Crippen molar-refractivity contribution in [2.45, 2.75) is 26.4 Å². The van der Waals surface area contributed by atoms with Crippen LogP contribution >= 0.6 is 0 Å². The number of ether oxygens (including phenoxy) is 1. The Morgan fingerprint density at radius 1 is 1.29 bits per heavy atom. The van der Waals surface area contributed by atoms with Gasteiger partial charge in [0.2, 0.25) is 0 Å². The summed E-state index contributed by atoms with van der Waals surface area (Å²) >= 11 is 0. The molecule has 78 valence electrons. The van der Waals surface area contributed by atoms with Gasteiger partial charge in [-0.3, -0.25) is 0 Å². The fourth-order valence-electron chi connectivity index (χ4n) is 1.44. The summed E-state index contributed by atoms with van der Waals surface area (Å²) in [6.45, 7) is 6.18. The first kappa shape index (κ1) is 11.2. The van der Waals surface area contributed by atoms with E-state index in [1.54, 1.807) is 14.0 Å². The van der Waals surface area contributed by atoms with Crippen molar-refractivity contribution in [1.82, 2.24) is 0 Å². The number of aryl methyl sites for hydroxylation is 2. The van der Waals surface area contributed by atoms with E-state index in [9.17, 15) is 5.11 Å². The maximum Gasteiger partial charge on any atom is 0.110 e. The second-order valence-electron chi connectivity index (χ2n) is 4.01. The Hall–Kier alpha value is -0.860. The van der Waals surface area contributed by atoms with Crippen molar-refractivity contribution >= 4 is 0 Å². The average molecular weight is 194 g/mol. The van der Waals surface area contributed by atoms with Gasteiger partial charge in [-0.05, 0) is 37.5 Å². The maximum absolute atomic E-state index is 10.1. The van der Waals surface area contributed by atoms with Gasteiger partial charge in [-0.2, -0.15) is 0 Å². The lowest BCUT2D eigenvalue weighted by molar-refractivity contribution is -0.0208. The van der Waals surface area contributed by atoms with Gasteiger partial charge in [0.15, 0.2) is 0 Å². The molecule has 0 aromatic heterocycles. The van der Waals surface area contributed by atoms with E-state index in [1.165, 1.54) is 11.1 Å². The second kappa shape index (κ2) is 4.11. The molecular weight excluding hydrogens is 176 g/mol. The molecule has 1 aromatic carbocycles. The molecule has 0 saturated carbocycles. The smallest absolute Gasteiger partial charge is 0.110 e. The van der Waals surface area contributed by atoms with Gasteiger partial charge in [-0.1, -0.05) is 18.2 Å². The Morgan fingerprint density at radius 3 is 2.43 bits per heavy atom. The third kappa shape index (κ3) is 2.34. The predicted molar refractivity (Wildman–Crippen MR) is 57.4 cm³/mol. The molecule has 1 aromatic rings. The summed E-state index contributed by atoms with van der Waals surface area (Å²) in [5, 5.41) is 10.1. The molecule has 14 heavy (non-hydrogen) atoms. The minimum Gasteiger partial charge on any atom is -0.383 e. The summed E-state index contributed by atoms with van der Waals surface area (Å²) in [7, 11) is 1.59. The molecule has 0 aliphatic carbocycles. The zero-order valence-corrected chi connectivity index (χ0v) is 9.29. The van der Waals surface area contributed by atoms with Crippen molar-refractivity contribution in [3.05, 3.63) is 34.9 Å².